The van der Waals surface area contributed by atoms with Crippen LogP contribution in [0, 0.1) is 6.92 Å². The van der Waals surface area contributed by atoms with Gasteiger partial charge in [0.2, 0.25) is 8.38 Å². The van der Waals surface area contributed by atoms with E-state index in [1.54, 1.807) is 6.20 Å². The predicted octanol–water partition coefficient (Wildman–Crippen LogP) is 4.14. The van der Waals surface area contributed by atoms with Crippen molar-refractivity contribution < 1.29 is 28.1 Å². The van der Waals surface area contributed by atoms with Gasteiger partial charge in [-0.2, -0.15) is 4.98 Å². The van der Waals surface area contributed by atoms with E-state index in [-0.39, 0.29) is 42.5 Å². The number of unbranched alkanes of at least 4 members (excludes halogenated alkanes) is 3. The molecule has 1 saturated heterocycles. The molecule has 4 atom stereocenters. The van der Waals surface area contributed by atoms with Gasteiger partial charge in [-0.05, 0) is 47.0 Å². The zero-order valence-electron chi connectivity index (χ0n) is 22.6. The summed E-state index contributed by atoms with van der Waals surface area (Å²) in [6.07, 6.45) is 6.84. The summed E-state index contributed by atoms with van der Waals surface area (Å²) in [5.41, 5.74) is 0.483. The summed E-state index contributed by atoms with van der Waals surface area (Å²) in [6.45, 7) is 10.8. The minimum absolute atomic E-state index is 0.0123. The maximum Gasteiger partial charge on any atom is 0.351 e. The van der Waals surface area contributed by atoms with E-state index in [4.69, 9.17) is 18.5 Å². The highest BCUT2D eigenvalue weighted by atomic mass is 31.2. The molecule has 11 nitrogen and oxygen atoms in total. The average molecular weight is 541 g/mol. The molecule has 0 saturated carbocycles. The van der Waals surface area contributed by atoms with Crippen LogP contribution < -0.4 is 11.0 Å². The lowest BCUT2D eigenvalue weighted by Crippen LogP contribution is -2.28. The number of hydrogen-bond acceptors (Lipinski definition) is 10. The number of nitrogens with one attached hydrogen (secondary N) is 1. The highest BCUT2D eigenvalue weighted by Crippen LogP contribution is 2.41. The number of aromatic nitrogens is 2. The monoisotopic (exact) mass is 540 g/mol. The van der Waals surface area contributed by atoms with Crippen LogP contribution in [0.1, 0.15) is 77.5 Å². The van der Waals surface area contributed by atoms with Crippen LogP contribution in [-0.4, -0.2) is 66.3 Å². The summed E-state index contributed by atoms with van der Waals surface area (Å²) >= 11 is 0. The fraction of sp³-hybridized carbons (Fsp3) is 0.720. The van der Waals surface area contributed by atoms with Crippen molar-refractivity contribution in [3.8, 4) is 0 Å². The van der Waals surface area contributed by atoms with Gasteiger partial charge in [0, 0.05) is 44.4 Å². The third kappa shape index (κ3) is 11.3. The van der Waals surface area contributed by atoms with Crippen LogP contribution in [0.5, 0.6) is 0 Å². The predicted molar refractivity (Wildman–Crippen MR) is 143 cm³/mol. The molecule has 37 heavy (non-hydrogen) atoms. The van der Waals surface area contributed by atoms with Crippen LogP contribution in [0.2, 0.25) is 0 Å². The second-order valence-electron chi connectivity index (χ2n) is 9.05. The topological polar surface area (TPSA) is 130 Å². The molecule has 0 bridgehead atoms. The molecule has 1 N–H and O–H groups in total. The highest BCUT2D eigenvalue weighted by Gasteiger charge is 2.36. The van der Waals surface area contributed by atoms with Crippen molar-refractivity contribution in [3.63, 3.8) is 0 Å². The van der Waals surface area contributed by atoms with Gasteiger partial charge in [-0.15, -0.1) is 0 Å². The average Bonchev–Trinajstić information content (AvgIpc) is 3.20. The van der Waals surface area contributed by atoms with Gasteiger partial charge in [-0.3, -0.25) is 14.4 Å². The van der Waals surface area contributed by atoms with E-state index in [0.717, 1.165) is 31.2 Å². The summed E-state index contributed by atoms with van der Waals surface area (Å²) in [5.74, 6) is 0.234. The Hall–Kier alpha value is -2.36. The number of esters is 1. The minimum atomic E-state index is -1.13. The number of ether oxygens (including phenoxy) is 2. The molecule has 0 amide bonds. The van der Waals surface area contributed by atoms with Crippen molar-refractivity contribution in [2.24, 2.45) is 4.99 Å². The summed E-state index contributed by atoms with van der Waals surface area (Å²) < 4.78 is 24.1. The molecule has 1 aromatic heterocycles. The Morgan fingerprint density at radius 3 is 2.78 bits per heavy atom. The van der Waals surface area contributed by atoms with Crippen molar-refractivity contribution >= 4 is 32.3 Å². The van der Waals surface area contributed by atoms with Gasteiger partial charge in [0.1, 0.15) is 17.8 Å². The van der Waals surface area contributed by atoms with Gasteiger partial charge in [0.25, 0.3) is 0 Å². The quantitative estimate of drug-likeness (QED) is 0.102. The summed E-state index contributed by atoms with van der Waals surface area (Å²) in [5, 5.41) is 3.24. The molecule has 1 aliphatic rings. The van der Waals surface area contributed by atoms with E-state index in [0.29, 0.717) is 31.9 Å². The summed E-state index contributed by atoms with van der Waals surface area (Å²) in [7, 11) is -1.13. The number of nitrogens with zero attached hydrogens (tertiary/aromatic N) is 3. The fourth-order valence-electron chi connectivity index (χ4n) is 3.75. The molecule has 0 radical (unpaired) electrons. The number of anilines is 1. The Morgan fingerprint density at radius 1 is 1.30 bits per heavy atom. The molecule has 4 unspecified atom stereocenters. The van der Waals surface area contributed by atoms with Gasteiger partial charge < -0.3 is 28.6 Å². The van der Waals surface area contributed by atoms with Crippen LogP contribution in [0.3, 0.4) is 0 Å². The summed E-state index contributed by atoms with van der Waals surface area (Å²) in [6, 6.07) is 0. The maximum atomic E-state index is 12.7. The first-order valence-electron chi connectivity index (χ1n) is 12.9. The lowest BCUT2D eigenvalue weighted by atomic mass is 10.2. The lowest BCUT2D eigenvalue weighted by molar-refractivity contribution is -0.144. The Bertz CT molecular complexity index is 955. The Morgan fingerprint density at radius 2 is 2.05 bits per heavy atom. The Balaban J connectivity index is 1.73. The number of rotatable bonds is 17. The zero-order chi connectivity index (χ0) is 27.2. The number of carbonyl (C=O) groups is 2. The number of Topliss-reactive ketones (excluding diaryl/α,β-unsaturated/α-hetero) is 1. The number of ketones is 1. The molecule has 2 heterocycles. The van der Waals surface area contributed by atoms with Crippen molar-refractivity contribution in [1.29, 1.82) is 0 Å². The van der Waals surface area contributed by atoms with Gasteiger partial charge in [0.15, 0.2) is 6.40 Å². The Labute approximate surface area is 220 Å². The van der Waals surface area contributed by atoms with E-state index < -0.39 is 14.6 Å². The normalized spacial score (nSPS) is 20.2. The third-order valence-corrected chi connectivity index (χ3v) is 6.78. The molecule has 0 aromatic carbocycles. The molecule has 1 aliphatic heterocycles. The van der Waals surface area contributed by atoms with E-state index in [2.05, 4.69) is 15.3 Å². The zero-order valence-corrected chi connectivity index (χ0v) is 23.5. The molecule has 1 aromatic rings. The van der Waals surface area contributed by atoms with Crippen molar-refractivity contribution in [2.45, 2.75) is 91.1 Å². The SMILES string of the molecule is CC/N=C/OP(C)OC1CC(n2cc(C)c(NCCCCCCOC(=O)CCC(C)=O)nc2=O)OC1C. The number of aliphatic imine (C=N–C) groups is 1. The molecule has 0 aliphatic carbocycles. The molecular weight excluding hydrogens is 499 g/mol. The first-order valence-corrected chi connectivity index (χ1v) is 14.5. The van der Waals surface area contributed by atoms with Crippen LogP contribution in [0.25, 0.3) is 0 Å². The van der Waals surface area contributed by atoms with Crippen LogP contribution in [0.15, 0.2) is 16.0 Å². The van der Waals surface area contributed by atoms with Crippen LogP contribution in [0.4, 0.5) is 5.82 Å². The van der Waals surface area contributed by atoms with Crippen molar-refractivity contribution in [3.05, 3.63) is 22.2 Å². The van der Waals surface area contributed by atoms with Gasteiger partial charge in [-0.1, -0.05) is 6.42 Å². The molecule has 2 rings (SSSR count). The molecule has 1 fully saturated rings. The molecule has 12 heteroatoms. The summed E-state index contributed by atoms with van der Waals surface area (Å²) in [4.78, 5) is 43.4. The van der Waals surface area contributed by atoms with E-state index in [9.17, 15) is 14.4 Å². The first-order chi connectivity index (χ1) is 17.7. The second kappa shape index (κ2) is 16.5. The molecule has 0 spiro atoms. The lowest BCUT2D eigenvalue weighted by Gasteiger charge is -2.18. The molecule has 208 valence electrons. The van der Waals surface area contributed by atoms with Crippen LogP contribution >= 0.6 is 8.38 Å². The first kappa shape index (κ1) is 30.9. The fourth-order valence-corrected chi connectivity index (χ4v) is 4.64. The van der Waals surface area contributed by atoms with Crippen LogP contribution in [-0.2, 0) is 28.1 Å². The van der Waals surface area contributed by atoms with Gasteiger partial charge >= 0.3 is 11.7 Å². The second-order valence-corrected chi connectivity index (χ2v) is 10.4. The molecular formula is C25H41N4O7P. The minimum Gasteiger partial charge on any atom is -0.466 e. The maximum absolute atomic E-state index is 12.7. The number of hydrogen-bond donors (Lipinski definition) is 1. The van der Waals surface area contributed by atoms with Crippen molar-refractivity contribution in [2.75, 3.05) is 31.7 Å². The van der Waals surface area contributed by atoms with Gasteiger partial charge in [0.05, 0.1) is 25.2 Å². The smallest absolute Gasteiger partial charge is 0.351 e. The van der Waals surface area contributed by atoms with Crippen molar-refractivity contribution in [1.82, 2.24) is 9.55 Å². The van der Waals surface area contributed by atoms with Gasteiger partial charge in [-0.25, -0.2) is 4.79 Å². The highest BCUT2D eigenvalue weighted by molar-refractivity contribution is 7.46. The van der Waals surface area contributed by atoms with E-state index in [1.165, 1.54) is 17.9 Å². The standard InChI is InChI=1S/C25H41N4O7P/c1-6-26-17-34-37(5)36-21-15-22(35-20(21)4)29-16-18(2)24(28-25(29)32)27-13-9-7-8-10-14-33-23(31)12-11-19(3)30/h16-17,20-22H,6-15H2,1-5H3,(H,27,28,32)/b26-17+. The van der Waals surface area contributed by atoms with E-state index >= 15 is 0 Å². The third-order valence-electron chi connectivity index (χ3n) is 5.82. The van der Waals surface area contributed by atoms with E-state index in [1.807, 2.05) is 27.4 Å². The number of aryl methyl sites for hydroxylation is 1. The Kier molecular flexibility index (Phi) is 13.7. The number of carbonyl (C=O) groups excluding carboxylic acids is 2. The largest absolute Gasteiger partial charge is 0.466 e.